The molecule has 0 unspecified atom stereocenters. The minimum Gasteiger partial charge on any atom is -0.468 e. The van der Waals surface area contributed by atoms with Crippen LogP contribution in [0.2, 0.25) is 0 Å². The Bertz CT molecular complexity index is 615. The molecule has 5 nitrogen and oxygen atoms in total. The van der Waals surface area contributed by atoms with Crippen LogP contribution in [0.3, 0.4) is 0 Å². The van der Waals surface area contributed by atoms with Crippen LogP contribution in [0.1, 0.15) is 16.1 Å². The van der Waals surface area contributed by atoms with Crippen molar-refractivity contribution in [1.29, 1.82) is 0 Å². The molecule has 0 aliphatic rings. The van der Waals surface area contributed by atoms with E-state index in [1.54, 1.807) is 24.4 Å². The first kappa shape index (κ1) is 15.7. The molecule has 0 atom stereocenters. The average Bonchev–Trinajstić information content (AvgIpc) is 2.51. The molecular weight excluding hydrogens is 301 g/mol. The summed E-state index contributed by atoms with van der Waals surface area (Å²) in [6.45, 7) is -1.45. The third kappa shape index (κ3) is 5.04. The predicted octanol–water partition coefficient (Wildman–Crippen LogP) is 2.77. The number of hydrogen-bond donors (Lipinski definition) is 0. The monoisotopic (exact) mass is 312 g/mol. The van der Waals surface area contributed by atoms with E-state index in [9.17, 15) is 18.0 Å². The Morgan fingerprint density at radius 1 is 1.14 bits per heavy atom. The number of aromatic nitrogens is 2. The molecule has 0 spiro atoms. The van der Waals surface area contributed by atoms with Gasteiger partial charge in [-0.3, -0.25) is 4.98 Å². The molecule has 0 aliphatic heterocycles. The van der Waals surface area contributed by atoms with E-state index in [0.29, 0.717) is 5.69 Å². The van der Waals surface area contributed by atoms with Gasteiger partial charge >= 0.3 is 12.1 Å². The maximum atomic E-state index is 12.0. The van der Waals surface area contributed by atoms with E-state index in [-0.39, 0.29) is 18.1 Å². The molecule has 0 radical (unpaired) electrons. The second-order valence-corrected chi connectivity index (χ2v) is 4.19. The summed E-state index contributed by atoms with van der Waals surface area (Å²) in [6, 6.07) is 7.63. The summed E-state index contributed by atoms with van der Waals surface area (Å²) in [5.74, 6) is -0.876. The Morgan fingerprint density at radius 3 is 2.55 bits per heavy atom. The smallest absolute Gasteiger partial charge is 0.422 e. The molecule has 0 amide bonds. The van der Waals surface area contributed by atoms with Crippen LogP contribution in [0.15, 0.2) is 42.7 Å². The van der Waals surface area contributed by atoms with E-state index >= 15 is 0 Å². The number of alkyl halides is 3. The van der Waals surface area contributed by atoms with E-state index in [1.165, 1.54) is 12.1 Å². The molecule has 2 rings (SSSR count). The van der Waals surface area contributed by atoms with Crippen LogP contribution in [0.25, 0.3) is 0 Å². The Hall–Kier alpha value is -2.64. The van der Waals surface area contributed by atoms with Crippen molar-refractivity contribution in [2.24, 2.45) is 0 Å². The molecule has 0 saturated heterocycles. The fraction of sp³-hybridized carbons (Fsp3) is 0.214. The summed E-state index contributed by atoms with van der Waals surface area (Å²) in [5, 5.41) is 0. The molecule has 8 heteroatoms. The van der Waals surface area contributed by atoms with Crippen LogP contribution in [0, 0.1) is 0 Å². The van der Waals surface area contributed by atoms with Crippen LogP contribution in [-0.4, -0.2) is 28.7 Å². The van der Waals surface area contributed by atoms with Gasteiger partial charge in [-0.1, -0.05) is 6.07 Å². The molecule has 2 aromatic rings. The molecule has 22 heavy (non-hydrogen) atoms. The molecule has 0 N–H and O–H groups in total. The molecule has 116 valence electrons. The van der Waals surface area contributed by atoms with Gasteiger partial charge in [-0.15, -0.1) is 0 Å². The second kappa shape index (κ2) is 6.88. The highest BCUT2D eigenvalue weighted by atomic mass is 19.4. The van der Waals surface area contributed by atoms with E-state index in [1.807, 2.05) is 0 Å². The lowest BCUT2D eigenvalue weighted by atomic mass is 10.3. The van der Waals surface area contributed by atoms with Gasteiger partial charge in [-0.25, -0.2) is 9.78 Å². The van der Waals surface area contributed by atoms with Crippen LogP contribution < -0.4 is 4.74 Å². The van der Waals surface area contributed by atoms with E-state index in [0.717, 1.165) is 6.20 Å². The zero-order chi connectivity index (χ0) is 16.0. The van der Waals surface area contributed by atoms with Gasteiger partial charge in [0.25, 0.3) is 0 Å². The van der Waals surface area contributed by atoms with Crippen LogP contribution in [0.4, 0.5) is 13.2 Å². The molecule has 0 aromatic carbocycles. The Labute approximate surface area is 123 Å². The fourth-order valence-corrected chi connectivity index (χ4v) is 1.45. The number of rotatable bonds is 5. The van der Waals surface area contributed by atoms with Crippen LogP contribution in [-0.2, 0) is 11.3 Å². The third-order valence-electron chi connectivity index (χ3n) is 2.43. The molecular formula is C14H11F3N2O3. The number of ether oxygens (including phenoxy) is 2. The van der Waals surface area contributed by atoms with Gasteiger partial charge in [-0.2, -0.15) is 13.2 Å². The average molecular weight is 312 g/mol. The standard InChI is InChI=1S/C14H11F3N2O3/c15-14(16,17)9-22-12-5-4-10(7-19-12)13(20)21-8-11-3-1-2-6-18-11/h1-7H,8-9H2. The zero-order valence-corrected chi connectivity index (χ0v) is 11.2. The zero-order valence-electron chi connectivity index (χ0n) is 11.2. The summed E-state index contributed by atoms with van der Waals surface area (Å²) < 4.78 is 45.4. The number of halogens is 3. The van der Waals surface area contributed by atoms with Crippen LogP contribution >= 0.6 is 0 Å². The van der Waals surface area contributed by atoms with Crippen molar-refractivity contribution >= 4 is 5.97 Å². The van der Waals surface area contributed by atoms with Gasteiger partial charge in [-0.05, 0) is 18.2 Å². The minimum absolute atomic E-state index is 0.00794. The predicted molar refractivity (Wildman–Crippen MR) is 69.1 cm³/mol. The summed E-state index contributed by atoms with van der Waals surface area (Å²) in [5.41, 5.74) is 0.684. The van der Waals surface area contributed by atoms with Crippen molar-refractivity contribution in [1.82, 2.24) is 9.97 Å². The normalized spacial score (nSPS) is 11.0. The maximum absolute atomic E-state index is 12.0. The van der Waals surface area contributed by atoms with Gasteiger partial charge < -0.3 is 9.47 Å². The van der Waals surface area contributed by atoms with Gasteiger partial charge in [0.2, 0.25) is 5.88 Å². The van der Waals surface area contributed by atoms with E-state index < -0.39 is 18.8 Å². The number of hydrogen-bond acceptors (Lipinski definition) is 5. The topological polar surface area (TPSA) is 61.3 Å². The summed E-state index contributed by atoms with van der Waals surface area (Å²) >= 11 is 0. The lowest BCUT2D eigenvalue weighted by molar-refractivity contribution is -0.154. The van der Waals surface area contributed by atoms with Crippen molar-refractivity contribution in [3.05, 3.63) is 54.0 Å². The molecule has 0 aliphatic carbocycles. The van der Waals surface area contributed by atoms with Gasteiger partial charge in [0, 0.05) is 18.5 Å². The first-order valence-corrected chi connectivity index (χ1v) is 6.17. The van der Waals surface area contributed by atoms with Gasteiger partial charge in [0.1, 0.15) is 6.61 Å². The third-order valence-corrected chi connectivity index (χ3v) is 2.43. The Kier molecular flexibility index (Phi) is 4.92. The summed E-state index contributed by atoms with van der Waals surface area (Å²) in [4.78, 5) is 19.3. The molecule has 2 heterocycles. The highest BCUT2D eigenvalue weighted by Crippen LogP contribution is 2.17. The summed E-state index contributed by atoms with van der Waals surface area (Å²) in [7, 11) is 0. The van der Waals surface area contributed by atoms with E-state index in [2.05, 4.69) is 14.7 Å². The van der Waals surface area contributed by atoms with Crippen molar-refractivity contribution in [3.8, 4) is 5.88 Å². The Morgan fingerprint density at radius 2 is 1.95 bits per heavy atom. The number of pyridine rings is 2. The molecule has 2 aromatic heterocycles. The number of nitrogens with zero attached hydrogens (tertiary/aromatic N) is 2. The first-order chi connectivity index (χ1) is 10.4. The van der Waals surface area contributed by atoms with E-state index in [4.69, 9.17) is 4.74 Å². The molecule has 0 bridgehead atoms. The highest BCUT2D eigenvalue weighted by molar-refractivity contribution is 5.89. The maximum Gasteiger partial charge on any atom is 0.422 e. The first-order valence-electron chi connectivity index (χ1n) is 6.17. The quantitative estimate of drug-likeness (QED) is 0.795. The van der Waals surface area contributed by atoms with Crippen molar-refractivity contribution < 1.29 is 27.4 Å². The SMILES string of the molecule is O=C(OCc1ccccn1)c1ccc(OCC(F)(F)F)nc1. The molecule has 0 saturated carbocycles. The van der Waals surface area contributed by atoms with Gasteiger partial charge in [0.15, 0.2) is 6.61 Å². The molecule has 0 fully saturated rings. The van der Waals surface area contributed by atoms with Crippen molar-refractivity contribution in [2.45, 2.75) is 12.8 Å². The fourth-order valence-electron chi connectivity index (χ4n) is 1.45. The number of carbonyl (C=O) groups is 1. The van der Waals surface area contributed by atoms with Crippen molar-refractivity contribution in [2.75, 3.05) is 6.61 Å². The number of esters is 1. The largest absolute Gasteiger partial charge is 0.468 e. The van der Waals surface area contributed by atoms with Crippen molar-refractivity contribution in [3.63, 3.8) is 0 Å². The highest BCUT2D eigenvalue weighted by Gasteiger charge is 2.28. The second-order valence-electron chi connectivity index (χ2n) is 4.19. The lowest BCUT2D eigenvalue weighted by Crippen LogP contribution is -2.19. The van der Waals surface area contributed by atoms with Crippen LogP contribution in [0.5, 0.6) is 5.88 Å². The van der Waals surface area contributed by atoms with Gasteiger partial charge in [0.05, 0.1) is 11.3 Å². The lowest BCUT2D eigenvalue weighted by Gasteiger charge is -2.08. The summed E-state index contributed by atoms with van der Waals surface area (Å²) in [6.07, 6.45) is -1.79. The minimum atomic E-state index is -4.44. The number of carbonyl (C=O) groups excluding carboxylic acids is 1. The Balaban J connectivity index is 1.88.